The Hall–Kier alpha value is -2.08. The number of hydrogen-bond donors (Lipinski definition) is 1. The number of aliphatic hydroxyl groups excluding tert-OH is 1. The van der Waals surface area contributed by atoms with E-state index in [1.54, 1.807) is 7.11 Å². The van der Waals surface area contributed by atoms with Crippen molar-refractivity contribution >= 4 is 0 Å². The first kappa shape index (κ1) is 28.7. The van der Waals surface area contributed by atoms with E-state index in [-0.39, 0.29) is 17.6 Å². The lowest BCUT2D eigenvalue weighted by molar-refractivity contribution is -0.0901. The Morgan fingerprint density at radius 2 is 1.83 bits per heavy atom. The third kappa shape index (κ3) is 5.08. The molecule has 7 rings (SSSR count). The molecule has 5 heteroatoms. The first-order chi connectivity index (χ1) is 20.6. The van der Waals surface area contributed by atoms with Crippen molar-refractivity contribution in [1.29, 1.82) is 0 Å². The molecule has 2 aliphatic heterocycles. The van der Waals surface area contributed by atoms with Crippen molar-refractivity contribution in [2.45, 2.75) is 114 Å². The van der Waals surface area contributed by atoms with Gasteiger partial charge >= 0.3 is 0 Å². The lowest BCUT2D eigenvalue weighted by Crippen LogP contribution is -2.69. The fraction of sp³-hybridized carbons (Fsp3) is 0.676. The van der Waals surface area contributed by atoms with Crippen LogP contribution in [0.25, 0.3) is 0 Å². The topological polar surface area (TPSA) is 45.2 Å². The highest BCUT2D eigenvalue weighted by Crippen LogP contribution is 2.64. The number of nitrogens with zero attached hydrogens (tertiary/aromatic N) is 2. The zero-order chi connectivity index (χ0) is 28.7. The number of aryl methyl sites for hydroxylation is 1. The summed E-state index contributed by atoms with van der Waals surface area (Å²) < 4.78 is 13.1. The highest BCUT2D eigenvalue weighted by molar-refractivity contribution is 5.61. The molecule has 0 aromatic heterocycles. The Labute approximate surface area is 253 Å². The second-order valence-electron chi connectivity index (χ2n) is 14.1. The lowest BCUT2D eigenvalue weighted by atomic mass is 9.51. The molecule has 1 spiro atoms. The summed E-state index contributed by atoms with van der Waals surface area (Å²) >= 11 is 0. The summed E-state index contributed by atoms with van der Waals surface area (Å²) in [6.45, 7) is 6.89. The highest BCUT2D eigenvalue weighted by atomic mass is 16.5. The van der Waals surface area contributed by atoms with Gasteiger partial charge in [0.1, 0.15) is 6.10 Å². The molecule has 3 aliphatic carbocycles. The van der Waals surface area contributed by atoms with Crippen molar-refractivity contribution in [3.8, 4) is 11.5 Å². The van der Waals surface area contributed by atoms with Crippen molar-refractivity contribution in [1.82, 2.24) is 9.80 Å². The molecule has 3 fully saturated rings. The van der Waals surface area contributed by atoms with Crippen LogP contribution in [0.1, 0.15) is 87.8 Å². The van der Waals surface area contributed by atoms with E-state index in [4.69, 9.17) is 9.47 Å². The summed E-state index contributed by atoms with van der Waals surface area (Å²) in [5.74, 6) is 3.11. The van der Waals surface area contributed by atoms with E-state index in [1.165, 1.54) is 94.0 Å². The number of aliphatic hydroxyl groups is 1. The highest BCUT2D eigenvalue weighted by Gasteiger charge is 2.66. The molecular weight excluding hydrogens is 520 g/mol. The lowest BCUT2D eigenvalue weighted by Gasteiger charge is -2.60. The number of unbranched alkanes of at least 4 members (excludes halogenated alkanes) is 4. The summed E-state index contributed by atoms with van der Waals surface area (Å²) in [7, 11) is 1.80. The van der Waals surface area contributed by atoms with Gasteiger partial charge in [0.05, 0.1) is 13.2 Å². The standard InChI is InChI=1S/C37H52N2O3/c1-3-4-20-38(21-11-6-5-8-12-26-13-9-7-10-14-26)30-17-16-29-31-23-27-15-18-33(41-2)35-34(27)37(29,36(30)42-35)19-22-39(31)25-28-24-32(28)40/h7,9-10,13-15,18,28-32,36,40H,3-6,8,11-12,16-17,19-25H2,1-2H3/t28?,29-,30+,31+,32?,36-,37-/m0/s1. The summed E-state index contributed by atoms with van der Waals surface area (Å²) in [6, 6.07) is 16.5. The molecular formula is C37H52N2O3. The summed E-state index contributed by atoms with van der Waals surface area (Å²) in [5.41, 5.74) is 4.58. The number of ether oxygens (including phenoxy) is 2. The molecule has 2 heterocycles. The van der Waals surface area contributed by atoms with Gasteiger partial charge in [-0.1, -0.05) is 62.6 Å². The Morgan fingerprint density at radius 3 is 2.62 bits per heavy atom. The molecule has 0 amide bonds. The molecule has 2 aromatic rings. The maximum absolute atomic E-state index is 10.2. The fourth-order valence-corrected chi connectivity index (χ4v) is 9.52. The van der Waals surface area contributed by atoms with Crippen LogP contribution in [-0.2, 0) is 18.3 Å². The summed E-state index contributed by atoms with van der Waals surface area (Å²) in [5, 5.41) is 10.2. The average molecular weight is 573 g/mol. The first-order valence-electron chi connectivity index (χ1n) is 17.2. The van der Waals surface area contributed by atoms with E-state index in [9.17, 15) is 5.11 Å². The molecule has 42 heavy (non-hydrogen) atoms. The first-order valence-corrected chi connectivity index (χ1v) is 17.2. The molecule has 1 N–H and O–H groups in total. The van der Waals surface area contributed by atoms with E-state index in [0.29, 0.717) is 23.9 Å². The van der Waals surface area contributed by atoms with Crippen LogP contribution in [0.3, 0.4) is 0 Å². The van der Waals surface area contributed by atoms with Gasteiger partial charge in [-0.2, -0.15) is 0 Å². The Balaban J connectivity index is 1.09. The Morgan fingerprint density at radius 1 is 1.02 bits per heavy atom. The van der Waals surface area contributed by atoms with Crippen LogP contribution in [0.15, 0.2) is 42.5 Å². The fourth-order valence-electron chi connectivity index (χ4n) is 9.52. The van der Waals surface area contributed by atoms with E-state index < -0.39 is 0 Å². The van der Waals surface area contributed by atoms with Crippen molar-refractivity contribution in [3.05, 3.63) is 59.2 Å². The molecule has 2 bridgehead atoms. The molecule has 2 unspecified atom stereocenters. The van der Waals surface area contributed by atoms with Gasteiger partial charge < -0.3 is 14.6 Å². The van der Waals surface area contributed by atoms with Crippen molar-refractivity contribution in [3.63, 3.8) is 0 Å². The van der Waals surface area contributed by atoms with Crippen LogP contribution in [0, 0.1) is 11.8 Å². The van der Waals surface area contributed by atoms with Crippen LogP contribution in [0.4, 0.5) is 0 Å². The Kier molecular flexibility index (Phi) is 8.28. The molecule has 2 saturated carbocycles. The average Bonchev–Trinajstić information content (AvgIpc) is 3.60. The van der Waals surface area contributed by atoms with Crippen LogP contribution in [0.5, 0.6) is 11.5 Å². The SMILES string of the molecule is CCCCN(CCCCCCc1ccccc1)[C@@H]1CC[C@H]2[C@H]3Cc4ccc(OC)c5c4[C@@]2(CCN3CC2CC2O)[C@H]1O5. The number of methoxy groups -OCH3 is 1. The van der Waals surface area contributed by atoms with Crippen molar-refractivity contribution < 1.29 is 14.6 Å². The number of hydrogen-bond acceptors (Lipinski definition) is 5. The van der Waals surface area contributed by atoms with Gasteiger partial charge in [-0.25, -0.2) is 0 Å². The van der Waals surface area contributed by atoms with Gasteiger partial charge in [-0.05, 0) is 101 Å². The van der Waals surface area contributed by atoms with Gasteiger partial charge in [0.2, 0.25) is 0 Å². The third-order valence-corrected chi connectivity index (χ3v) is 11.7. The number of piperidine rings is 1. The predicted molar refractivity (Wildman–Crippen MR) is 168 cm³/mol. The van der Waals surface area contributed by atoms with Crippen LogP contribution in [-0.4, -0.2) is 72.5 Å². The minimum Gasteiger partial charge on any atom is -0.493 e. The summed E-state index contributed by atoms with van der Waals surface area (Å²) in [4.78, 5) is 5.62. The van der Waals surface area contributed by atoms with E-state index in [2.05, 4.69) is 59.2 Å². The van der Waals surface area contributed by atoms with Crippen LogP contribution >= 0.6 is 0 Å². The van der Waals surface area contributed by atoms with E-state index in [1.807, 2.05) is 0 Å². The molecule has 2 aromatic carbocycles. The quantitative estimate of drug-likeness (QED) is 0.266. The van der Waals surface area contributed by atoms with Crippen LogP contribution in [0.2, 0.25) is 0 Å². The molecule has 5 aliphatic rings. The van der Waals surface area contributed by atoms with E-state index in [0.717, 1.165) is 37.4 Å². The largest absolute Gasteiger partial charge is 0.493 e. The number of likely N-dealkylation sites (tertiary alicyclic amines) is 1. The van der Waals surface area contributed by atoms with Gasteiger partial charge in [-0.3, -0.25) is 9.80 Å². The van der Waals surface area contributed by atoms with Crippen LogP contribution < -0.4 is 9.47 Å². The van der Waals surface area contributed by atoms with Gasteiger partial charge in [0, 0.05) is 35.5 Å². The van der Waals surface area contributed by atoms with Gasteiger partial charge in [0.25, 0.3) is 0 Å². The zero-order valence-electron chi connectivity index (χ0n) is 26.0. The monoisotopic (exact) mass is 572 g/mol. The summed E-state index contributed by atoms with van der Waals surface area (Å²) in [6.07, 6.45) is 14.8. The second-order valence-corrected chi connectivity index (χ2v) is 14.1. The van der Waals surface area contributed by atoms with E-state index >= 15 is 0 Å². The van der Waals surface area contributed by atoms with Crippen molar-refractivity contribution in [2.24, 2.45) is 11.8 Å². The van der Waals surface area contributed by atoms with Gasteiger partial charge in [0.15, 0.2) is 11.5 Å². The van der Waals surface area contributed by atoms with Gasteiger partial charge in [-0.15, -0.1) is 0 Å². The third-order valence-electron chi connectivity index (χ3n) is 11.7. The molecule has 228 valence electrons. The molecule has 0 radical (unpaired) electrons. The Bertz CT molecular complexity index is 1220. The molecule has 5 nitrogen and oxygen atoms in total. The normalized spacial score (nSPS) is 32.5. The minimum atomic E-state index is -0.0728. The maximum atomic E-state index is 10.2. The smallest absolute Gasteiger partial charge is 0.165 e. The molecule has 1 saturated heterocycles. The number of rotatable bonds is 14. The second kappa shape index (κ2) is 12.1. The van der Waals surface area contributed by atoms with Crippen molar-refractivity contribution in [2.75, 3.05) is 33.3 Å². The number of benzene rings is 2. The maximum Gasteiger partial charge on any atom is 0.165 e. The molecule has 7 atom stereocenters. The predicted octanol–water partition coefficient (Wildman–Crippen LogP) is 6.39. The minimum absolute atomic E-state index is 0.0728. The zero-order valence-corrected chi connectivity index (χ0v) is 26.0.